The fourth-order valence-electron chi connectivity index (χ4n) is 4.16. The van der Waals surface area contributed by atoms with Crippen molar-refractivity contribution in [2.75, 3.05) is 5.32 Å². The number of carbonyl (C=O) groups excluding carboxylic acids is 1. The molecule has 5 aromatic rings. The number of pyridine rings is 2. The van der Waals surface area contributed by atoms with Crippen molar-refractivity contribution >= 4 is 22.8 Å². The van der Waals surface area contributed by atoms with Crippen LogP contribution in [0.3, 0.4) is 0 Å². The van der Waals surface area contributed by atoms with Crippen molar-refractivity contribution in [2.45, 2.75) is 18.9 Å². The summed E-state index contributed by atoms with van der Waals surface area (Å²) in [4.78, 5) is 24.9. The Bertz CT molecular complexity index is 1450. The average molecular weight is 466 g/mol. The monoisotopic (exact) mass is 465 g/mol. The number of aromatic nitrogens is 3. The molecule has 0 spiro atoms. The highest BCUT2D eigenvalue weighted by atomic mass is 19.1. The van der Waals surface area contributed by atoms with E-state index in [1.807, 2.05) is 48.5 Å². The van der Waals surface area contributed by atoms with Gasteiger partial charge in [-0.05, 0) is 59.5 Å². The Morgan fingerprint density at radius 1 is 0.943 bits per heavy atom. The van der Waals surface area contributed by atoms with Gasteiger partial charge in [-0.1, -0.05) is 42.5 Å². The number of halogens is 1. The number of anilines is 1. The molecule has 1 amide bonds. The summed E-state index contributed by atoms with van der Waals surface area (Å²) in [7, 11) is 0. The van der Waals surface area contributed by atoms with Gasteiger partial charge in [0.05, 0.1) is 6.04 Å². The molecule has 7 heteroatoms. The van der Waals surface area contributed by atoms with Gasteiger partial charge in [-0.15, -0.1) is 0 Å². The zero-order valence-electron chi connectivity index (χ0n) is 18.9. The maximum absolute atomic E-state index is 13.4. The highest BCUT2D eigenvalue weighted by Gasteiger charge is 2.18. The molecule has 0 saturated heterocycles. The standard InChI is InChI=1S/C28H24FN5O/c29-21-8-6-19(7-9-21)17-24-26(20-12-14-31-15-13-20)22-10-11-25(33-27(22)32-24)34-28(35)23(30)16-18-4-2-1-3-5-18/h1-15,23H,16-17,30H2,(H2,32,33,34,35)/t23-/m0/s1. The van der Waals surface area contributed by atoms with Crippen LogP contribution in [0.1, 0.15) is 16.8 Å². The molecular weight excluding hydrogens is 441 g/mol. The van der Waals surface area contributed by atoms with E-state index >= 15 is 0 Å². The predicted octanol–water partition coefficient (Wildman–Crippen LogP) is 4.86. The van der Waals surface area contributed by atoms with Crippen LogP contribution >= 0.6 is 0 Å². The highest BCUT2D eigenvalue weighted by Crippen LogP contribution is 2.33. The molecule has 1 atom stereocenters. The summed E-state index contributed by atoms with van der Waals surface area (Å²) in [6.45, 7) is 0. The van der Waals surface area contributed by atoms with Crippen LogP contribution in [0, 0.1) is 5.82 Å². The van der Waals surface area contributed by atoms with Crippen molar-refractivity contribution in [1.82, 2.24) is 15.0 Å². The lowest BCUT2D eigenvalue weighted by Gasteiger charge is -2.12. The molecule has 6 nitrogen and oxygen atoms in total. The first-order chi connectivity index (χ1) is 17.1. The number of H-pyrrole nitrogens is 1. The first-order valence-electron chi connectivity index (χ1n) is 11.3. The molecule has 0 saturated carbocycles. The smallest absolute Gasteiger partial charge is 0.242 e. The summed E-state index contributed by atoms with van der Waals surface area (Å²) in [5.41, 5.74) is 11.7. The number of nitrogens with two attached hydrogens (primary N) is 1. The summed E-state index contributed by atoms with van der Waals surface area (Å²) in [6.07, 6.45) is 4.49. The van der Waals surface area contributed by atoms with Crippen LogP contribution in [-0.2, 0) is 17.6 Å². The Hall–Kier alpha value is -4.36. The summed E-state index contributed by atoms with van der Waals surface area (Å²) in [5.74, 6) is -0.151. The van der Waals surface area contributed by atoms with E-state index in [2.05, 4.69) is 20.3 Å². The summed E-state index contributed by atoms with van der Waals surface area (Å²) in [5, 5.41) is 3.75. The van der Waals surface area contributed by atoms with E-state index in [1.54, 1.807) is 30.6 Å². The highest BCUT2D eigenvalue weighted by molar-refractivity contribution is 5.99. The van der Waals surface area contributed by atoms with Crippen molar-refractivity contribution < 1.29 is 9.18 Å². The van der Waals surface area contributed by atoms with Crippen molar-refractivity contribution in [2.24, 2.45) is 5.73 Å². The molecule has 0 bridgehead atoms. The lowest BCUT2D eigenvalue weighted by molar-refractivity contribution is -0.117. The van der Waals surface area contributed by atoms with Gasteiger partial charge in [0.25, 0.3) is 0 Å². The van der Waals surface area contributed by atoms with Gasteiger partial charge in [0.1, 0.15) is 17.3 Å². The van der Waals surface area contributed by atoms with Gasteiger partial charge in [0.15, 0.2) is 0 Å². The number of nitrogens with zero attached hydrogens (tertiary/aromatic N) is 2. The number of nitrogens with one attached hydrogen (secondary N) is 2. The predicted molar refractivity (Wildman–Crippen MR) is 135 cm³/mol. The van der Waals surface area contributed by atoms with Crippen LogP contribution in [0.25, 0.3) is 22.2 Å². The second-order valence-corrected chi connectivity index (χ2v) is 8.40. The van der Waals surface area contributed by atoms with E-state index in [-0.39, 0.29) is 11.7 Å². The van der Waals surface area contributed by atoms with Gasteiger partial charge in [0.2, 0.25) is 5.91 Å². The molecular formula is C28H24FN5O. The van der Waals surface area contributed by atoms with Crippen LogP contribution in [-0.4, -0.2) is 26.9 Å². The van der Waals surface area contributed by atoms with Crippen LogP contribution in [0.5, 0.6) is 0 Å². The molecule has 4 N–H and O–H groups in total. The largest absolute Gasteiger partial charge is 0.342 e. The van der Waals surface area contributed by atoms with Crippen molar-refractivity contribution in [3.05, 3.63) is 114 Å². The van der Waals surface area contributed by atoms with Gasteiger partial charge in [-0.2, -0.15) is 0 Å². The fourth-order valence-corrected chi connectivity index (χ4v) is 4.16. The van der Waals surface area contributed by atoms with Gasteiger partial charge < -0.3 is 16.0 Å². The Balaban J connectivity index is 1.44. The average Bonchev–Trinajstić information content (AvgIpc) is 3.23. The number of amides is 1. The van der Waals surface area contributed by atoms with E-state index < -0.39 is 6.04 Å². The quantitative estimate of drug-likeness (QED) is 0.320. The normalized spacial score (nSPS) is 11.9. The number of fused-ring (bicyclic) bond motifs is 1. The van der Waals surface area contributed by atoms with Crippen molar-refractivity contribution in [1.29, 1.82) is 0 Å². The van der Waals surface area contributed by atoms with E-state index in [0.717, 1.165) is 33.3 Å². The maximum atomic E-state index is 13.4. The van der Waals surface area contributed by atoms with Crippen LogP contribution in [0.15, 0.2) is 91.3 Å². The Morgan fingerprint density at radius 3 is 2.43 bits per heavy atom. The molecule has 0 aliphatic heterocycles. The van der Waals surface area contributed by atoms with Gasteiger partial charge in [-0.3, -0.25) is 9.78 Å². The summed E-state index contributed by atoms with van der Waals surface area (Å²) >= 11 is 0. The van der Waals surface area contributed by atoms with Crippen LogP contribution in [0.4, 0.5) is 10.2 Å². The molecule has 2 aromatic carbocycles. The third-order valence-corrected chi connectivity index (χ3v) is 5.89. The topological polar surface area (TPSA) is 96.7 Å². The Kier molecular flexibility index (Phi) is 6.32. The van der Waals surface area contributed by atoms with Gasteiger partial charge >= 0.3 is 0 Å². The van der Waals surface area contributed by atoms with E-state index in [0.29, 0.717) is 24.3 Å². The number of aromatic amines is 1. The molecule has 35 heavy (non-hydrogen) atoms. The molecule has 0 unspecified atom stereocenters. The van der Waals surface area contributed by atoms with E-state index in [1.165, 1.54) is 12.1 Å². The molecule has 0 radical (unpaired) electrons. The minimum absolute atomic E-state index is 0.271. The number of benzene rings is 2. The number of carbonyl (C=O) groups is 1. The van der Waals surface area contributed by atoms with Crippen LogP contribution < -0.4 is 11.1 Å². The SMILES string of the molecule is N[C@@H](Cc1ccccc1)C(=O)Nc1ccc2c(-c3ccncc3)c(Cc3ccc(F)cc3)[nH]c2n1. The van der Waals surface area contributed by atoms with Crippen molar-refractivity contribution in [3.8, 4) is 11.1 Å². The zero-order chi connectivity index (χ0) is 24.2. The molecule has 0 aliphatic rings. The first kappa shape index (κ1) is 22.4. The second kappa shape index (κ2) is 9.87. The number of hydrogen-bond donors (Lipinski definition) is 3. The lowest BCUT2D eigenvalue weighted by atomic mass is 10.00. The number of hydrogen-bond acceptors (Lipinski definition) is 4. The summed E-state index contributed by atoms with van der Waals surface area (Å²) in [6, 6.07) is 23.0. The second-order valence-electron chi connectivity index (χ2n) is 8.40. The minimum Gasteiger partial charge on any atom is -0.342 e. The van der Waals surface area contributed by atoms with E-state index in [4.69, 9.17) is 5.73 Å². The summed E-state index contributed by atoms with van der Waals surface area (Å²) < 4.78 is 13.4. The molecule has 0 fully saturated rings. The Labute approximate surface area is 202 Å². The Morgan fingerprint density at radius 2 is 1.69 bits per heavy atom. The molecule has 5 rings (SSSR count). The van der Waals surface area contributed by atoms with E-state index in [9.17, 15) is 9.18 Å². The van der Waals surface area contributed by atoms with Gasteiger partial charge in [-0.25, -0.2) is 9.37 Å². The van der Waals surface area contributed by atoms with Gasteiger partial charge in [0, 0.05) is 35.5 Å². The fraction of sp³-hybridized carbons (Fsp3) is 0.107. The van der Waals surface area contributed by atoms with Crippen LogP contribution in [0.2, 0.25) is 0 Å². The third kappa shape index (κ3) is 5.10. The minimum atomic E-state index is -0.694. The zero-order valence-corrected chi connectivity index (χ0v) is 18.9. The lowest BCUT2D eigenvalue weighted by Crippen LogP contribution is -2.37. The molecule has 3 heterocycles. The maximum Gasteiger partial charge on any atom is 0.242 e. The first-order valence-corrected chi connectivity index (χ1v) is 11.3. The van der Waals surface area contributed by atoms with Crippen molar-refractivity contribution in [3.63, 3.8) is 0 Å². The molecule has 174 valence electrons. The molecule has 3 aromatic heterocycles. The number of rotatable bonds is 7. The third-order valence-electron chi connectivity index (χ3n) is 5.89. The molecule has 0 aliphatic carbocycles.